The van der Waals surface area contributed by atoms with Crippen LogP contribution in [0.15, 0.2) is 36.5 Å². The molecule has 2 amide bonds. The summed E-state index contributed by atoms with van der Waals surface area (Å²) in [6.45, 7) is 4.02. The Hall–Kier alpha value is -2.28. The first-order valence-corrected chi connectivity index (χ1v) is 8.66. The summed E-state index contributed by atoms with van der Waals surface area (Å²) >= 11 is 1.66. The molecule has 0 saturated carbocycles. The molecule has 2 aromatic rings. The maximum atomic E-state index is 12.9. The highest BCUT2D eigenvalue weighted by Gasteiger charge is 2.57. The number of carbonyl (C=O) groups is 2. The molecule has 0 unspecified atom stereocenters. The molecule has 0 aliphatic carbocycles. The number of fused-ring (bicyclic) bond motifs is 3. The highest BCUT2D eigenvalue weighted by atomic mass is 32.2. The van der Waals surface area contributed by atoms with Crippen LogP contribution in [-0.4, -0.2) is 37.3 Å². The van der Waals surface area contributed by atoms with Crippen molar-refractivity contribution in [2.45, 2.75) is 30.0 Å². The van der Waals surface area contributed by atoms with Gasteiger partial charge in [0.05, 0.1) is 0 Å². The van der Waals surface area contributed by atoms with E-state index < -0.39 is 6.04 Å². The van der Waals surface area contributed by atoms with Crippen LogP contribution in [0.2, 0.25) is 0 Å². The Morgan fingerprint density at radius 1 is 1.29 bits per heavy atom. The molecular formula is C17H18N4O2S. The number of anilines is 1. The molecule has 6 nitrogen and oxygen atoms in total. The number of rotatable bonds is 2. The van der Waals surface area contributed by atoms with Crippen LogP contribution in [0.25, 0.3) is 0 Å². The van der Waals surface area contributed by atoms with Gasteiger partial charge in [0, 0.05) is 29.6 Å². The molecular weight excluding hydrogens is 324 g/mol. The monoisotopic (exact) mass is 342 g/mol. The van der Waals surface area contributed by atoms with Crippen molar-refractivity contribution in [1.82, 2.24) is 14.7 Å². The second kappa shape index (κ2) is 5.11. The van der Waals surface area contributed by atoms with Crippen molar-refractivity contribution in [3.63, 3.8) is 0 Å². The smallest absolute Gasteiger partial charge is 0.256 e. The lowest BCUT2D eigenvalue weighted by Crippen LogP contribution is -2.50. The van der Waals surface area contributed by atoms with E-state index in [1.54, 1.807) is 40.7 Å². The number of benzene rings is 1. The third kappa shape index (κ3) is 2.15. The van der Waals surface area contributed by atoms with E-state index in [9.17, 15) is 9.59 Å². The quantitative estimate of drug-likeness (QED) is 0.910. The van der Waals surface area contributed by atoms with E-state index in [4.69, 9.17) is 0 Å². The normalized spacial score (nSPS) is 24.0. The van der Waals surface area contributed by atoms with Gasteiger partial charge in [0.2, 0.25) is 5.91 Å². The first-order chi connectivity index (χ1) is 11.4. The van der Waals surface area contributed by atoms with Gasteiger partial charge in [-0.2, -0.15) is 5.10 Å². The summed E-state index contributed by atoms with van der Waals surface area (Å²) in [5, 5.41) is 6.92. The lowest BCUT2D eigenvalue weighted by molar-refractivity contribution is -0.121. The molecule has 7 heteroatoms. The Morgan fingerprint density at radius 2 is 2.04 bits per heavy atom. The fourth-order valence-corrected chi connectivity index (χ4v) is 5.07. The molecule has 1 aromatic carbocycles. The SMILES string of the molecule is Cn1ccc(NC(=O)[C@@H]2N3C(=O)c4ccccc4[C@@H]3SC2(C)C)n1. The van der Waals surface area contributed by atoms with Gasteiger partial charge in [-0.3, -0.25) is 14.3 Å². The lowest BCUT2D eigenvalue weighted by Gasteiger charge is -2.29. The van der Waals surface area contributed by atoms with Crippen molar-refractivity contribution in [1.29, 1.82) is 0 Å². The average molecular weight is 342 g/mol. The van der Waals surface area contributed by atoms with Crippen LogP contribution in [-0.2, 0) is 11.8 Å². The molecule has 0 bridgehead atoms. The Balaban J connectivity index is 1.68. The summed E-state index contributed by atoms with van der Waals surface area (Å²) in [5.41, 5.74) is 1.69. The summed E-state index contributed by atoms with van der Waals surface area (Å²) in [7, 11) is 1.79. The van der Waals surface area contributed by atoms with Gasteiger partial charge in [-0.15, -0.1) is 11.8 Å². The van der Waals surface area contributed by atoms with E-state index in [2.05, 4.69) is 10.4 Å². The fourth-order valence-electron chi connectivity index (χ4n) is 3.48. The van der Waals surface area contributed by atoms with Gasteiger partial charge in [0.25, 0.3) is 5.91 Å². The first kappa shape index (κ1) is 15.3. The predicted molar refractivity (Wildman–Crippen MR) is 92.6 cm³/mol. The van der Waals surface area contributed by atoms with E-state index >= 15 is 0 Å². The molecule has 0 spiro atoms. The molecule has 2 aliphatic heterocycles. The van der Waals surface area contributed by atoms with Crippen molar-refractivity contribution >= 4 is 29.4 Å². The summed E-state index contributed by atoms with van der Waals surface area (Å²) < 4.78 is 1.25. The zero-order valence-electron chi connectivity index (χ0n) is 13.7. The number of thioether (sulfide) groups is 1. The summed E-state index contributed by atoms with van der Waals surface area (Å²) in [4.78, 5) is 27.5. The van der Waals surface area contributed by atoms with Crippen molar-refractivity contribution in [2.75, 3.05) is 5.32 Å². The topological polar surface area (TPSA) is 67.2 Å². The van der Waals surface area contributed by atoms with Gasteiger partial charge in [0.1, 0.15) is 11.4 Å². The maximum absolute atomic E-state index is 12.9. The molecule has 24 heavy (non-hydrogen) atoms. The number of aromatic nitrogens is 2. The number of amides is 2. The van der Waals surface area contributed by atoms with E-state index in [0.717, 1.165) is 5.56 Å². The zero-order chi connectivity index (χ0) is 17.1. The van der Waals surface area contributed by atoms with E-state index in [0.29, 0.717) is 11.4 Å². The predicted octanol–water partition coefficient (Wildman–Crippen LogP) is 2.41. The fraction of sp³-hybridized carbons (Fsp3) is 0.353. The molecule has 2 aliphatic rings. The number of hydrogen-bond acceptors (Lipinski definition) is 4. The summed E-state index contributed by atoms with van der Waals surface area (Å²) in [6, 6.07) is 8.79. The van der Waals surface area contributed by atoms with Crippen molar-refractivity contribution in [3.8, 4) is 0 Å². The van der Waals surface area contributed by atoms with Gasteiger partial charge in [0.15, 0.2) is 5.82 Å². The number of carbonyl (C=O) groups excluding carboxylic acids is 2. The second-order valence-corrected chi connectivity index (χ2v) is 8.37. The third-order valence-electron chi connectivity index (χ3n) is 4.51. The van der Waals surface area contributed by atoms with Crippen LogP contribution in [0.4, 0.5) is 5.82 Å². The molecule has 1 N–H and O–H groups in total. The minimum Gasteiger partial charge on any atom is -0.309 e. The van der Waals surface area contributed by atoms with Gasteiger partial charge in [-0.1, -0.05) is 18.2 Å². The number of nitrogens with zero attached hydrogens (tertiary/aromatic N) is 3. The van der Waals surface area contributed by atoms with Crippen LogP contribution in [0.1, 0.15) is 35.1 Å². The second-order valence-electron chi connectivity index (χ2n) is 6.64. The summed E-state index contributed by atoms with van der Waals surface area (Å²) in [5.74, 6) is 0.223. The van der Waals surface area contributed by atoms with Crippen LogP contribution >= 0.6 is 11.8 Å². The average Bonchev–Trinajstić information content (AvgIpc) is 3.13. The molecule has 4 rings (SSSR count). The van der Waals surface area contributed by atoms with Gasteiger partial charge < -0.3 is 10.2 Å². The third-order valence-corrected chi connectivity index (χ3v) is 6.04. The molecule has 1 aromatic heterocycles. The van der Waals surface area contributed by atoms with Gasteiger partial charge in [-0.05, 0) is 25.5 Å². The minimum absolute atomic E-state index is 0.0742. The zero-order valence-corrected chi connectivity index (χ0v) is 14.5. The Morgan fingerprint density at radius 3 is 2.75 bits per heavy atom. The maximum Gasteiger partial charge on any atom is 0.256 e. The Kier molecular flexibility index (Phi) is 3.25. The molecule has 3 heterocycles. The van der Waals surface area contributed by atoms with E-state index in [1.807, 2.05) is 38.1 Å². The van der Waals surface area contributed by atoms with Crippen LogP contribution in [0.5, 0.6) is 0 Å². The number of nitrogens with one attached hydrogen (secondary N) is 1. The summed E-state index contributed by atoms with van der Waals surface area (Å²) in [6.07, 6.45) is 1.77. The molecule has 2 atom stereocenters. The Labute approximate surface area is 144 Å². The lowest BCUT2D eigenvalue weighted by atomic mass is 10.0. The van der Waals surface area contributed by atoms with Crippen LogP contribution < -0.4 is 5.32 Å². The standard InChI is InChI=1S/C17H18N4O2S/c1-17(2)13(14(22)18-12-8-9-20(3)19-12)21-15(23)10-6-4-5-7-11(10)16(21)24-17/h4-9,13,16H,1-3H3,(H,18,19,22)/t13-,16-/m0/s1. The first-order valence-electron chi connectivity index (χ1n) is 7.78. The van der Waals surface area contributed by atoms with Crippen molar-refractivity contribution in [2.24, 2.45) is 7.05 Å². The van der Waals surface area contributed by atoms with Gasteiger partial charge in [-0.25, -0.2) is 0 Å². The molecule has 0 radical (unpaired) electrons. The largest absolute Gasteiger partial charge is 0.309 e. The van der Waals surface area contributed by atoms with Crippen LogP contribution in [0, 0.1) is 0 Å². The number of aryl methyl sites for hydroxylation is 1. The molecule has 1 saturated heterocycles. The Bertz CT molecular complexity index is 845. The highest BCUT2D eigenvalue weighted by molar-refractivity contribution is 8.01. The van der Waals surface area contributed by atoms with Gasteiger partial charge >= 0.3 is 0 Å². The highest BCUT2D eigenvalue weighted by Crippen LogP contribution is 2.56. The van der Waals surface area contributed by atoms with Crippen molar-refractivity contribution in [3.05, 3.63) is 47.7 Å². The van der Waals surface area contributed by atoms with E-state index in [-0.39, 0.29) is 21.9 Å². The van der Waals surface area contributed by atoms with Crippen LogP contribution in [0.3, 0.4) is 0 Å². The van der Waals surface area contributed by atoms with E-state index in [1.165, 1.54) is 0 Å². The number of hydrogen-bond donors (Lipinski definition) is 1. The molecule has 1 fully saturated rings. The minimum atomic E-state index is -0.547. The molecule has 124 valence electrons. The van der Waals surface area contributed by atoms with Crippen molar-refractivity contribution < 1.29 is 9.59 Å².